The number of hydrogen-bond acceptors (Lipinski definition) is 4. The Bertz CT molecular complexity index is 527. The molecule has 0 radical (unpaired) electrons. The highest BCUT2D eigenvalue weighted by Gasteiger charge is 2.13. The van der Waals surface area contributed by atoms with Gasteiger partial charge in [-0.25, -0.2) is 9.07 Å². The normalized spacial score (nSPS) is 10.9. The van der Waals surface area contributed by atoms with Gasteiger partial charge in [-0.2, -0.15) is 0 Å². The maximum atomic E-state index is 13.7. The molecule has 0 saturated carbocycles. The van der Waals surface area contributed by atoms with E-state index in [4.69, 9.17) is 21.1 Å². The molecular formula is C12H13ClFN3O2. The van der Waals surface area contributed by atoms with Gasteiger partial charge in [0.2, 0.25) is 0 Å². The molecule has 0 spiro atoms. The van der Waals surface area contributed by atoms with Crippen molar-refractivity contribution >= 4 is 11.6 Å². The minimum Gasteiger partial charge on any atom is -0.382 e. The van der Waals surface area contributed by atoms with Gasteiger partial charge in [-0.15, -0.1) is 5.10 Å². The van der Waals surface area contributed by atoms with E-state index in [0.717, 1.165) is 0 Å². The number of aromatic nitrogens is 3. The quantitative estimate of drug-likeness (QED) is 0.765. The van der Waals surface area contributed by atoms with E-state index in [9.17, 15) is 4.39 Å². The number of rotatable bonds is 6. The Kier molecular flexibility index (Phi) is 4.84. The van der Waals surface area contributed by atoms with E-state index in [2.05, 4.69) is 10.3 Å². The van der Waals surface area contributed by atoms with Crippen molar-refractivity contribution in [1.29, 1.82) is 0 Å². The molecule has 1 aromatic heterocycles. The fourth-order valence-corrected chi connectivity index (χ4v) is 1.78. The first-order chi connectivity index (χ1) is 9.22. The smallest absolute Gasteiger partial charge is 0.141 e. The van der Waals surface area contributed by atoms with Crippen LogP contribution in [0, 0.1) is 5.82 Å². The van der Waals surface area contributed by atoms with Crippen molar-refractivity contribution in [2.75, 3.05) is 20.3 Å². The van der Waals surface area contributed by atoms with Gasteiger partial charge in [0.05, 0.1) is 30.0 Å². The van der Waals surface area contributed by atoms with Crippen molar-refractivity contribution in [2.24, 2.45) is 0 Å². The third-order valence-corrected chi connectivity index (χ3v) is 2.73. The van der Waals surface area contributed by atoms with Crippen molar-refractivity contribution < 1.29 is 13.9 Å². The number of hydrogen-bond donors (Lipinski definition) is 0. The van der Waals surface area contributed by atoms with E-state index in [1.54, 1.807) is 25.4 Å². The molecule has 19 heavy (non-hydrogen) atoms. The third-order valence-electron chi connectivity index (χ3n) is 2.41. The average molecular weight is 286 g/mol. The molecule has 0 atom stereocenters. The minimum atomic E-state index is -0.431. The fourth-order valence-electron chi connectivity index (χ4n) is 1.52. The molecular weight excluding hydrogens is 273 g/mol. The lowest BCUT2D eigenvalue weighted by atomic mass is 10.1. The van der Waals surface area contributed by atoms with Gasteiger partial charge in [0.15, 0.2) is 0 Å². The van der Waals surface area contributed by atoms with Gasteiger partial charge in [-0.05, 0) is 12.1 Å². The summed E-state index contributed by atoms with van der Waals surface area (Å²) in [6, 6.07) is 4.48. The Morgan fingerprint density at radius 1 is 1.37 bits per heavy atom. The Hall–Kier alpha value is -1.50. The predicted molar refractivity (Wildman–Crippen MR) is 68.3 cm³/mol. The molecule has 0 bridgehead atoms. The number of ether oxygens (including phenoxy) is 2. The van der Waals surface area contributed by atoms with Crippen LogP contribution in [0.5, 0.6) is 0 Å². The summed E-state index contributed by atoms with van der Waals surface area (Å²) in [4.78, 5) is 0. The highest BCUT2D eigenvalue weighted by atomic mass is 35.5. The monoisotopic (exact) mass is 285 g/mol. The summed E-state index contributed by atoms with van der Waals surface area (Å²) < 4.78 is 25.3. The summed E-state index contributed by atoms with van der Waals surface area (Å²) in [6.07, 6.45) is 1.58. The molecule has 0 unspecified atom stereocenters. The highest BCUT2D eigenvalue weighted by Crippen LogP contribution is 2.28. The summed E-state index contributed by atoms with van der Waals surface area (Å²) in [5.41, 5.74) is 0.616. The highest BCUT2D eigenvalue weighted by molar-refractivity contribution is 6.33. The average Bonchev–Trinajstić information content (AvgIpc) is 2.83. The lowest BCUT2D eigenvalue weighted by Crippen LogP contribution is -2.07. The zero-order valence-corrected chi connectivity index (χ0v) is 11.1. The van der Waals surface area contributed by atoms with Crippen LogP contribution >= 0.6 is 11.6 Å². The van der Waals surface area contributed by atoms with Crippen molar-refractivity contribution in [3.8, 4) is 11.3 Å². The molecule has 2 aromatic rings. The summed E-state index contributed by atoms with van der Waals surface area (Å²) in [5.74, 6) is -0.431. The second-order valence-electron chi connectivity index (χ2n) is 3.77. The third kappa shape index (κ3) is 3.50. The van der Waals surface area contributed by atoms with Crippen molar-refractivity contribution in [3.05, 3.63) is 35.2 Å². The first kappa shape index (κ1) is 13.9. The summed E-state index contributed by atoms with van der Waals surface area (Å²) in [6.45, 7) is 1.18. The van der Waals surface area contributed by atoms with E-state index in [-0.39, 0.29) is 12.3 Å². The predicted octanol–water partition coefficient (Wildman–Crippen LogP) is 2.36. The topological polar surface area (TPSA) is 49.2 Å². The first-order valence-electron chi connectivity index (χ1n) is 5.63. The van der Waals surface area contributed by atoms with Gasteiger partial charge in [-0.3, -0.25) is 0 Å². The maximum absolute atomic E-state index is 13.7. The maximum Gasteiger partial charge on any atom is 0.141 e. The van der Waals surface area contributed by atoms with Crippen molar-refractivity contribution in [1.82, 2.24) is 15.0 Å². The lowest BCUT2D eigenvalue weighted by Gasteiger charge is -2.02. The Morgan fingerprint density at radius 2 is 2.21 bits per heavy atom. The van der Waals surface area contributed by atoms with Crippen LogP contribution in [0.2, 0.25) is 5.02 Å². The molecule has 0 aliphatic rings. The minimum absolute atomic E-state index is 0.225. The molecule has 0 amide bonds. The van der Waals surface area contributed by atoms with Crippen LogP contribution in [0.15, 0.2) is 24.4 Å². The van der Waals surface area contributed by atoms with Crippen LogP contribution in [-0.2, 0) is 16.2 Å². The van der Waals surface area contributed by atoms with Gasteiger partial charge in [0, 0.05) is 7.11 Å². The van der Waals surface area contributed by atoms with Gasteiger partial charge < -0.3 is 9.47 Å². The van der Waals surface area contributed by atoms with Gasteiger partial charge >= 0.3 is 0 Å². The zero-order chi connectivity index (χ0) is 13.7. The van der Waals surface area contributed by atoms with Gasteiger partial charge in [0.25, 0.3) is 0 Å². The second-order valence-corrected chi connectivity index (χ2v) is 4.18. The number of benzene rings is 1. The van der Waals surface area contributed by atoms with Crippen molar-refractivity contribution in [3.63, 3.8) is 0 Å². The summed E-state index contributed by atoms with van der Waals surface area (Å²) >= 11 is 5.95. The molecule has 1 aromatic carbocycles. The SMILES string of the molecule is COCCOCn1cc(-c2c(F)cccc2Cl)nn1. The van der Waals surface area contributed by atoms with Gasteiger partial charge in [-0.1, -0.05) is 22.9 Å². The summed E-state index contributed by atoms with van der Waals surface area (Å²) in [7, 11) is 1.59. The van der Waals surface area contributed by atoms with Crippen LogP contribution in [-0.4, -0.2) is 35.3 Å². The largest absolute Gasteiger partial charge is 0.382 e. The van der Waals surface area contributed by atoms with E-state index in [0.29, 0.717) is 23.9 Å². The van der Waals surface area contributed by atoms with E-state index in [1.165, 1.54) is 10.7 Å². The van der Waals surface area contributed by atoms with Crippen LogP contribution in [0.25, 0.3) is 11.3 Å². The number of halogens is 2. The Morgan fingerprint density at radius 3 is 2.95 bits per heavy atom. The van der Waals surface area contributed by atoms with E-state index in [1.807, 2.05) is 0 Å². The van der Waals surface area contributed by atoms with Crippen LogP contribution in [0.3, 0.4) is 0 Å². The number of methoxy groups -OCH3 is 1. The molecule has 0 aliphatic heterocycles. The van der Waals surface area contributed by atoms with Crippen molar-refractivity contribution in [2.45, 2.75) is 6.73 Å². The standard InChI is InChI=1S/C12H13ClFN3O2/c1-18-5-6-19-8-17-7-11(15-16-17)12-9(13)3-2-4-10(12)14/h2-4,7H,5-6,8H2,1H3. The molecule has 0 saturated heterocycles. The molecule has 0 aliphatic carbocycles. The zero-order valence-electron chi connectivity index (χ0n) is 10.3. The second kappa shape index (κ2) is 6.60. The van der Waals surface area contributed by atoms with Crippen LogP contribution < -0.4 is 0 Å². The molecule has 7 heteroatoms. The van der Waals surface area contributed by atoms with Crippen LogP contribution in [0.4, 0.5) is 4.39 Å². The van der Waals surface area contributed by atoms with E-state index >= 15 is 0 Å². The molecule has 0 fully saturated rings. The van der Waals surface area contributed by atoms with Crippen LogP contribution in [0.1, 0.15) is 0 Å². The first-order valence-corrected chi connectivity index (χ1v) is 6.01. The Balaban J connectivity index is 2.08. The molecule has 0 N–H and O–H groups in total. The Labute approximate surface area is 114 Å². The van der Waals surface area contributed by atoms with Gasteiger partial charge in [0.1, 0.15) is 18.2 Å². The molecule has 1 heterocycles. The molecule has 5 nitrogen and oxygen atoms in total. The lowest BCUT2D eigenvalue weighted by molar-refractivity contribution is 0.0281. The molecule has 2 rings (SSSR count). The molecule has 102 valence electrons. The van der Waals surface area contributed by atoms with E-state index < -0.39 is 5.82 Å². The number of nitrogens with zero attached hydrogens (tertiary/aromatic N) is 3. The fraction of sp³-hybridized carbons (Fsp3) is 0.333. The summed E-state index contributed by atoms with van der Waals surface area (Å²) in [5, 5.41) is 8.03.